The number of rotatable bonds is 2. The number of aromatic amines is 1. The average Bonchev–Trinajstić information content (AvgIpc) is 3.07. The number of carbonyl (C=O) groups excluding carboxylic acids is 1. The highest BCUT2D eigenvalue weighted by atomic mass is 16.5. The third-order valence-corrected chi connectivity index (χ3v) is 4.15. The van der Waals surface area contributed by atoms with Gasteiger partial charge in [0.2, 0.25) is 17.3 Å². The van der Waals surface area contributed by atoms with Gasteiger partial charge in [-0.15, -0.1) is 10.2 Å². The number of fused-ring (bicyclic) bond motifs is 1. The summed E-state index contributed by atoms with van der Waals surface area (Å²) in [7, 11) is 0. The maximum Gasteiger partial charge on any atom is 0.254 e. The fourth-order valence-electron chi connectivity index (χ4n) is 2.98. The summed E-state index contributed by atoms with van der Waals surface area (Å²) in [5.74, 6) is 0.584. The van der Waals surface area contributed by atoms with Crippen LogP contribution < -0.4 is 5.56 Å². The molecule has 8 nitrogen and oxygen atoms in total. The minimum absolute atomic E-state index is 0.216. The molecule has 1 atom stereocenters. The van der Waals surface area contributed by atoms with E-state index in [2.05, 4.69) is 15.2 Å². The van der Waals surface area contributed by atoms with Gasteiger partial charge >= 0.3 is 0 Å². The van der Waals surface area contributed by atoms with Crippen LogP contribution in [0.15, 0.2) is 39.5 Å². The Hall–Kier alpha value is -3.00. The monoisotopic (exact) mass is 340 g/mol. The molecule has 0 spiro atoms. The Kier molecular flexibility index (Phi) is 3.81. The molecule has 3 heterocycles. The number of benzene rings is 1. The molecule has 1 saturated heterocycles. The summed E-state index contributed by atoms with van der Waals surface area (Å²) in [5, 5.41) is 8.47. The van der Waals surface area contributed by atoms with Crippen LogP contribution in [0.1, 0.15) is 28.2 Å². The van der Waals surface area contributed by atoms with E-state index in [0.29, 0.717) is 47.9 Å². The van der Waals surface area contributed by atoms with Crippen LogP contribution in [0.2, 0.25) is 0 Å². The van der Waals surface area contributed by atoms with E-state index in [9.17, 15) is 9.59 Å². The molecule has 0 aliphatic carbocycles. The van der Waals surface area contributed by atoms with Crippen LogP contribution in [0.3, 0.4) is 0 Å². The zero-order valence-electron chi connectivity index (χ0n) is 13.6. The van der Waals surface area contributed by atoms with Crippen LogP contribution in [0.25, 0.3) is 10.9 Å². The van der Waals surface area contributed by atoms with Crippen LogP contribution in [0.4, 0.5) is 0 Å². The van der Waals surface area contributed by atoms with Gasteiger partial charge in [0, 0.05) is 30.4 Å². The summed E-state index contributed by atoms with van der Waals surface area (Å²) >= 11 is 0. The number of carbonyl (C=O) groups is 1. The lowest BCUT2D eigenvalue weighted by Crippen LogP contribution is -2.42. The van der Waals surface area contributed by atoms with E-state index in [1.807, 2.05) is 18.2 Å². The summed E-state index contributed by atoms with van der Waals surface area (Å²) in [4.78, 5) is 29.3. The minimum Gasteiger partial charge on any atom is -0.423 e. The number of hydrogen-bond donors (Lipinski definition) is 1. The Morgan fingerprint density at radius 2 is 2.16 bits per heavy atom. The number of pyridine rings is 1. The molecule has 0 unspecified atom stereocenters. The molecule has 25 heavy (non-hydrogen) atoms. The predicted octanol–water partition coefficient (Wildman–Crippen LogP) is 1.43. The van der Waals surface area contributed by atoms with Crippen molar-refractivity contribution in [2.45, 2.75) is 13.0 Å². The van der Waals surface area contributed by atoms with Crippen molar-refractivity contribution in [2.75, 3.05) is 19.7 Å². The zero-order chi connectivity index (χ0) is 17.4. The van der Waals surface area contributed by atoms with Crippen molar-refractivity contribution in [1.29, 1.82) is 0 Å². The Morgan fingerprint density at radius 3 is 2.96 bits per heavy atom. The highest BCUT2D eigenvalue weighted by molar-refractivity contribution is 6.05. The summed E-state index contributed by atoms with van der Waals surface area (Å²) in [6, 6.07) is 8.58. The molecule has 128 valence electrons. The molecule has 0 radical (unpaired) electrons. The lowest BCUT2D eigenvalue weighted by molar-refractivity contribution is -0.0348. The van der Waals surface area contributed by atoms with E-state index in [1.54, 1.807) is 17.9 Å². The van der Waals surface area contributed by atoms with Crippen LogP contribution >= 0.6 is 0 Å². The second kappa shape index (κ2) is 6.14. The van der Waals surface area contributed by atoms with E-state index in [0.717, 1.165) is 0 Å². The number of hydrogen-bond acceptors (Lipinski definition) is 6. The number of ether oxygens (including phenoxy) is 1. The van der Waals surface area contributed by atoms with Gasteiger partial charge in [-0.2, -0.15) is 0 Å². The first-order valence-electron chi connectivity index (χ1n) is 7.95. The van der Waals surface area contributed by atoms with Gasteiger partial charge in [0.05, 0.1) is 18.7 Å². The number of aromatic nitrogens is 3. The van der Waals surface area contributed by atoms with Gasteiger partial charge in [0.15, 0.2) is 6.10 Å². The van der Waals surface area contributed by atoms with Crippen LogP contribution in [-0.2, 0) is 4.74 Å². The number of nitrogens with one attached hydrogen (secondary N) is 1. The van der Waals surface area contributed by atoms with Crippen molar-refractivity contribution >= 4 is 16.8 Å². The van der Waals surface area contributed by atoms with E-state index >= 15 is 0 Å². The standard InChI is InChI=1S/C17H16N4O4/c1-10-19-20-16(25-10)14-9-21(6-7-24-14)17(23)12-8-15(22)18-13-5-3-2-4-11(12)13/h2-5,8,14H,6-7,9H2,1H3,(H,18,22)/t14-/m1/s1. The fourth-order valence-corrected chi connectivity index (χ4v) is 2.98. The maximum absolute atomic E-state index is 13.0. The predicted molar refractivity (Wildman–Crippen MR) is 88.2 cm³/mol. The van der Waals surface area contributed by atoms with Gasteiger partial charge in [-0.05, 0) is 6.07 Å². The summed E-state index contributed by atoms with van der Waals surface area (Å²) < 4.78 is 11.1. The molecule has 8 heteroatoms. The number of nitrogens with zero attached hydrogens (tertiary/aromatic N) is 3. The lowest BCUT2D eigenvalue weighted by Gasteiger charge is -2.31. The van der Waals surface area contributed by atoms with Gasteiger partial charge in [-0.25, -0.2) is 0 Å². The fraction of sp³-hybridized carbons (Fsp3) is 0.294. The topological polar surface area (TPSA) is 101 Å². The zero-order valence-corrected chi connectivity index (χ0v) is 13.6. The number of aryl methyl sites for hydroxylation is 1. The highest BCUT2D eigenvalue weighted by Gasteiger charge is 2.30. The third kappa shape index (κ3) is 2.91. The molecule has 2 aromatic heterocycles. The van der Waals surface area contributed by atoms with Crippen LogP contribution in [-0.4, -0.2) is 45.7 Å². The van der Waals surface area contributed by atoms with Crippen molar-refractivity contribution in [2.24, 2.45) is 0 Å². The summed E-state index contributed by atoms with van der Waals surface area (Å²) in [5.41, 5.74) is 0.705. The molecule has 1 aromatic carbocycles. The van der Waals surface area contributed by atoms with E-state index in [-0.39, 0.29) is 11.5 Å². The summed E-state index contributed by atoms with van der Waals surface area (Å²) in [6.45, 7) is 2.79. The van der Waals surface area contributed by atoms with E-state index in [1.165, 1.54) is 6.07 Å². The SMILES string of the molecule is Cc1nnc([C@H]2CN(C(=O)c3cc(=O)[nH]c4ccccc34)CCO2)o1. The lowest BCUT2D eigenvalue weighted by atomic mass is 10.1. The highest BCUT2D eigenvalue weighted by Crippen LogP contribution is 2.24. The Bertz CT molecular complexity index is 993. The molecule has 1 aliphatic heterocycles. The van der Waals surface area contributed by atoms with Crippen LogP contribution in [0.5, 0.6) is 0 Å². The summed E-state index contributed by atoms with van der Waals surface area (Å²) in [6.07, 6.45) is -0.466. The van der Waals surface area contributed by atoms with Crippen molar-refractivity contribution in [3.05, 3.63) is 58.0 Å². The maximum atomic E-state index is 13.0. The molecule has 0 saturated carbocycles. The quantitative estimate of drug-likeness (QED) is 0.757. The largest absolute Gasteiger partial charge is 0.423 e. The molecule has 1 amide bonds. The van der Waals surface area contributed by atoms with Crippen molar-refractivity contribution in [3.8, 4) is 0 Å². The van der Waals surface area contributed by atoms with E-state index < -0.39 is 6.10 Å². The normalized spacial score (nSPS) is 17.8. The van der Waals surface area contributed by atoms with Crippen molar-refractivity contribution < 1.29 is 13.9 Å². The first-order valence-corrected chi connectivity index (χ1v) is 7.95. The Labute approximate surface area is 142 Å². The van der Waals surface area contributed by atoms with Crippen LogP contribution in [0, 0.1) is 6.92 Å². The number of amides is 1. The number of para-hydroxylation sites is 1. The molecule has 0 bridgehead atoms. The average molecular weight is 340 g/mol. The van der Waals surface area contributed by atoms with E-state index in [4.69, 9.17) is 9.15 Å². The molecule has 3 aromatic rings. The Balaban J connectivity index is 1.66. The first kappa shape index (κ1) is 15.5. The smallest absolute Gasteiger partial charge is 0.254 e. The molecular formula is C17H16N4O4. The van der Waals surface area contributed by atoms with Gasteiger partial charge in [-0.1, -0.05) is 18.2 Å². The van der Waals surface area contributed by atoms with Crippen molar-refractivity contribution in [3.63, 3.8) is 0 Å². The minimum atomic E-state index is -0.466. The second-order valence-electron chi connectivity index (χ2n) is 5.86. The van der Waals surface area contributed by atoms with Gasteiger partial charge in [-0.3, -0.25) is 9.59 Å². The number of morpholine rings is 1. The van der Waals surface area contributed by atoms with Gasteiger partial charge < -0.3 is 19.0 Å². The third-order valence-electron chi connectivity index (χ3n) is 4.15. The molecule has 1 fully saturated rings. The molecular weight excluding hydrogens is 324 g/mol. The second-order valence-corrected chi connectivity index (χ2v) is 5.86. The first-order chi connectivity index (χ1) is 12.1. The molecule has 1 N–H and O–H groups in total. The molecule has 4 rings (SSSR count). The number of H-pyrrole nitrogens is 1. The van der Waals surface area contributed by atoms with Crippen molar-refractivity contribution in [1.82, 2.24) is 20.1 Å². The molecule has 1 aliphatic rings. The van der Waals surface area contributed by atoms with Gasteiger partial charge in [0.25, 0.3) is 5.91 Å². The van der Waals surface area contributed by atoms with Gasteiger partial charge in [0.1, 0.15) is 0 Å². The Morgan fingerprint density at radius 1 is 1.32 bits per heavy atom.